The molecule has 4 rings (SSSR count). The first-order chi connectivity index (χ1) is 14.8. The number of hydrogen-bond acceptors (Lipinski definition) is 5. The van der Waals surface area contributed by atoms with Crippen molar-refractivity contribution >= 4 is 23.5 Å². The number of anilines is 1. The number of aryl methyl sites for hydroxylation is 2. The van der Waals surface area contributed by atoms with Crippen LogP contribution < -0.4 is 4.90 Å². The molecule has 5 atom stereocenters. The molecule has 2 bridgehead atoms. The highest BCUT2D eigenvalue weighted by Gasteiger charge is 2.74. The lowest BCUT2D eigenvalue weighted by Crippen LogP contribution is -2.57. The summed E-state index contributed by atoms with van der Waals surface area (Å²) in [5.41, 5.74) is 1.36. The molecule has 8 heteroatoms. The highest BCUT2D eigenvalue weighted by Crippen LogP contribution is 2.58. The quantitative estimate of drug-likeness (QED) is 0.634. The van der Waals surface area contributed by atoms with Crippen LogP contribution in [0.3, 0.4) is 0 Å². The Morgan fingerprint density at radius 2 is 2.03 bits per heavy atom. The van der Waals surface area contributed by atoms with Crippen LogP contribution in [0.15, 0.2) is 30.9 Å². The average Bonchev–Trinajstić information content (AvgIpc) is 3.35. The summed E-state index contributed by atoms with van der Waals surface area (Å²) in [6.45, 7) is 7.46. The average molecular weight is 428 g/mol. The third-order valence-electron chi connectivity index (χ3n) is 6.95. The Morgan fingerprint density at radius 1 is 1.35 bits per heavy atom. The molecule has 0 saturated carbocycles. The molecule has 2 N–H and O–H groups in total. The lowest BCUT2D eigenvalue weighted by atomic mass is 9.70. The van der Waals surface area contributed by atoms with Crippen LogP contribution in [0, 0.1) is 25.7 Å². The third kappa shape index (κ3) is 3.00. The molecule has 2 amide bonds. The first-order valence-corrected chi connectivity index (χ1v) is 10.6. The maximum absolute atomic E-state index is 14.0. The first-order valence-electron chi connectivity index (χ1n) is 10.6. The number of aliphatic carboxylic acids is 1. The second-order valence-corrected chi connectivity index (χ2v) is 8.63. The van der Waals surface area contributed by atoms with Crippen LogP contribution in [0.2, 0.25) is 0 Å². The van der Waals surface area contributed by atoms with Gasteiger partial charge in [-0.15, -0.1) is 6.58 Å². The number of carboxylic acid groups (broad SMARTS) is 1. The molecule has 3 aliphatic heterocycles. The summed E-state index contributed by atoms with van der Waals surface area (Å²) in [6.07, 6.45) is 1.97. The number of para-hydroxylation sites is 1. The van der Waals surface area contributed by atoms with Crippen LogP contribution >= 0.6 is 0 Å². The molecule has 31 heavy (non-hydrogen) atoms. The zero-order valence-electron chi connectivity index (χ0n) is 17.8. The lowest BCUT2D eigenvalue weighted by Gasteiger charge is -2.37. The molecule has 0 radical (unpaired) electrons. The summed E-state index contributed by atoms with van der Waals surface area (Å²) < 4.78 is 6.16. The first kappa shape index (κ1) is 21.5. The van der Waals surface area contributed by atoms with Gasteiger partial charge >= 0.3 is 5.97 Å². The van der Waals surface area contributed by atoms with Gasteiger partial charge in [0, 0.05) is 18.8 Å². The van der Waals surface area contributed by atoms with E-state index in [1.54, 1.807) is 11.0 Å². The van der Waals surface area contributed by atoms with E-state index in [0.29, 0.717) is 12.8 Å². The number of β-amino-alcohol motifs (C(OH)–C–C–N with tert-alkyl or cyclic N) is 1. The number of benzene rings is 1. The number of amides is 2. The Kier molecular flexibility index (Phi) is 5.39. The van der Waals surface area contributed by atoms with Gasteiger partial charge in [0.15, 0.2) is 0 Å². The zero-order chi connectivity index (χ0) is 22.5. The van der Waals surface area contributed by atoms with Crippen molar-refractivity contribution in [1.29, 1.82) is 0 Å². The van der Waals surface area contributed by atoms with Crippen molar-refractivity contribution in [3.63, 3.8) is 0 Å². The topological polar surface area (TPSA) is 107 Å². The van der Waals surface area contributed by atoms with Crippen molar-refractivity contribution in [2.45, 2.75) is 44.4 Å². The second kappa shape index (κ2) is 7.76. The molecule has 1 aromatic carbocycles. The number of rotatable bonds is 7. The van der Waals surface area contributed by atoms with Crippen molar-refractivity contribution in [1.82, 2.24) is 4.90 Å². The largest absolute Gasteiger partial charge is 0.481 e. The van der Waals surface area contributed by atoms with Crippen molar-refractivity contribution in [2.75, 3.05) is 24.6 Å². The molecule has 0 aromatic heterocycles. The number of aliphatic hydroxyl groups is 1. The number of carboxylic acids is 1. The fourth-order valence-electron chi connectivity index (χ4n) is 5.86. The van der Waals surface area contributed by atoms with Crippen molar-refractivity contribution < 1.29 is 29.3 Å². The minimum Gasteiger partial charge on any atom is -0.481 e. The summed E-state index contributed by atoms with van der Waals surface area (Å²) >= 11 is 0. The van der Waals surface area contributed by atoms with Gasteiger partial charge in [-0.2, -0.15) is 0 Å². The Hall–Kier alpha value is -2.71. The standard InChI is InChI=1S/C23H28N2O6/c1-4-10-24(18-13(2)6-5-7-14(18)3)21(28)19-23-9-8-15(31-23)16(22(29)30)17(23)20(27)25(19)11-12-26/h4-7,15-17,19,26H,1,8-12H2,2-3H3,(H,29,30)/t15-,16+,17+,19-,23+/m1/s1. The zero-order valence-corrected chi connectivity index (χ0v) is 17.8. The van der Waals surface area contributed by atoms with Gasteiger partial charge in [0.1, 0.15) is 11.6 Å². The monoisotopic (exact) mass is 428 g/mol. The van der Waals surface area contributed by atoms with E-state index in [-0.39, 0.29) is 25.6 Å². The van der Waals surface area contributed by atoms with Crippen molar-refractivity contribution in [3.05, 3.63) is 42.0 Å². The van der Waals surface area contributed by atoms with Gasteiger partial charge in [-0.05, 0) is 37.8 Å². The Morgan fingerprint density at radius 3 is 2.61 bits per heavy atom. The molecule has 8 nitrogen and oxygen atoms in total. The smallest absolute Gasteiger partial charge is 0.310 e. The minimum atomic E-state index is -1.19. The maximum atomic E-state index is 14.0. The Balaban J connectivity index is 1.82. The van der Waals surface area contributed by atoms with E-state index in [0.717, 1.165) is 16.8 Å². The van der Waals surface area contributed by atoms with E-state index >= 15 is 0 Å². The fourth-order valence-corrected chi connectivity index (χ4v) is 5.86. The summed E-state index contributed by atoms with van der Waals surface area (Å²) in [4.78, 5) is 42.3. The van der Waals surface area contributed by atoms with E-state index in [2.05, 4.69) is 6.58 Å². The summed E-state index contributed by atoms with van der Waals surface area (Å²) in [7, 11) is 0. The molecule has 166 valence electrons. The third-order valence-corrected chi connectivity index (χ3v) is 6.95. The number of aliphatic hydroxyl groups excluding tert-OH is 1. The van der Waals surface area contributed by atoms with Crippen LogP contribution in [0.5, 0.6) is 0 Å². The van der Waals surface area contributed by atoms with Crippen LogP contribution in [-0.2, 0) is 19.1 Å². The van der Waals surface area contributed by atoms with Gasteiger partial charge in [0.25, 0.3) is 5.91 Å². The second-order valence-electron chi connectivity index (χ2n) is 8.63. The number of ether oxygens (including phenoxy) is 1. The molecule has 0 unspecified atom stereocenters. The van der Waals surface area contributed by atoms with E-state index < -0.39 is 41.5 Å². The lowest BCUT2D eigenvalue weighted by molar-refractivity contribution is -0.149. The molecular weight excluding hydrogens is 400 g/mol. The van der Waals surface area contributed by atoms with Gasteiger partial charge in [-0.25, -0.2) is 0 Å². The number of carbonyl (C=O) groups excluding carboxylic acids is 2. The summed E-state index contributed by atoms with van der Waals surface area (Å²) in [5, 5.41) is 19.4. The van der Waals surface area contributed by atoms with Gasteiger partial charge < -0.3 is 24.7 Å². The summed E-state index contributed by atoms with van der Waals surface area (Å²) in [5.74, 6) is -3.75. The predicted molar refractivity (Wildman–Crippen MR) is 113 cm³/mol. The van der Waals surface area contributed by atoms with E-state index in [9.17, 15) is 24.6 Å². The fraction of sp³-hybridized carbons (Fsp3) is 0.522. The number of carbonyl (C=O) groups is 3. The van der Waals surface area contributed by atoms with Crippen LogP contribution in [-0.4, -0.2) is 70.3 Å². The molecule has 0 aliphatic carbocycles. The number of nitrogens with zero attached hydrogens (tertiary/aromatic N) is 2. The van der Waals surface area contributed by atoms with E-state index in [4.69, 9.17) is 4.74 Å². The van der Waals surface area contributed by atoms with E-state index in [1.165, 1.54) is 4.90 Å². The van der Waals surface area contributed by atoms with Gasteiger partial charge in [-0.3, -0.25) is 14.4 Å². The number of hydrogen-bond donors (Lipinski definition) is 2. The SMILES string of the molecule is C=CCN(C(=O)[C@H]1N(CCO)C(=O)[C@@H]2[C@@H](C(=O)O)[C@H]3CC[C@]21O3)c1c(C)cccc1C. The minimum absolute atomic E-state index is 0.0530. The molecular formula is C23H28N2O6. The van der Waals surface area contributed by atoms with Gasteiger partial charge in [-0.1, -0.05) is 24.3 Å². The van der Waals surface area contributed by atoms with Crippen LogP contribution in [0.4, 0.5) is 5.69 Å². The maximum Gasteiger partial charge on any atom is 0.310 e. The van der Waals surface area contributed by atoms with Crippen LogP contribution in [0.25, 0.3) is 0 Å². The molecule has 3 fully saturated rings. The normalized spacial score (nSPS) is 31.1. The van der Waals surface area contributed by atoms with Gasteiger partial charge in [0.05, 0.1) is 24.5 Å². The highest BCUT2D eigenvalue weighted by molar-refractivity contribution is 6.05. The molecule has 3 saturated heterocycles. The molecule has 3 aliphatic rings. The van der Waals surface area contributed by atoms with Crippen LogP contribution in [0.1, 0.15) is 24.0 Å². The van der Waals surface area contributed by atoms with Gasteiger partial charge in [0.2, 0.25) is 5.91 Å². The van der Waals surface area contributed by atoms with E-state index in [1.807, 2.05) is 32.0 Å². The molecule has 1 spiro atoms. The number of fused-ring (bicyclic) bond motifs is 1. The Labute approximate surface area is 181 Å². The predicted octanol–water partition coefficient (Wildman–Crippen LogP) is 1.27. The summed E-state index contributed by atoms with van der Waals surface area (Å²) in [6, 6.07) is 4.74. The Bertz CT molecular complexity index is 926. The van der Waals surface area contributed by atoms with Crippen molar-refractivity contribution in [2.24, 2.45) is 11.8 Å². The van der Waals surface area contributed by atoms with Crippen molar-refractivity contribution in [3.8, 4) is 0 Å². The highest BCUT2D eigenvalue weighted by atomic mass is 16.5. The number of likely N-dealkylation sites (tertiary alicyclic amines) is 1. The molecule has 3 heterocycles. The molecule has 1 aromatic rings.